The number of unbranched alkanes of at least 4 members (excludes halogenated alkanes) is 3. The van der Waals surface area contributed by atoms with E-state index in [4.69, 9.17) is 16.1 Å². The first kappa shape index (κ1) is 33.5. The van der Waals surface area contributed by atoms with Crippen molar-refractivity contribution in [2.75, 3.05) is 13.2 Å². The van der Waals surface area contributed by atoms with Gasteiger partial charge in [0.15, 0.2) is 0 Å². The second-order valence-electron chi connectivity index (χ2n) is 12.0. The summed E-state index contributed by atoms with van der Waals surface area (Å²) in [4.78, 5) is 27.0. The van der Waals surface area contributed by atoms with Crippen molar-refractivity contribution >= 4 is 38.4 Å². The van der Waals surface area contributed by atoms with Crippen LogP contribution in [0.2, 0.25) is 33.0 Å². The van der Waals surface area contributed by atoms with E-state index in [1.807, 2.05) is 13.8 Å². The van der Waals surface area contributed by atoms with Crippen molar-refractivity contribution in [1.29, 1.82) is 0 Å². The molecule has 0 aromatic rings. The van der Waals surface area contributed by atoms with Crippen molar-refractivity contribution in [3.05, 3.63) is 21.9 Å². The SMILES string of the molecule is C=C([C@@H]1CC(C(=O)OCC)(C(=O)OCC)C[C@H]1[C](=C)[Sn]([CH2]CCC)([CH2]CCC)[CH2]CCC)[Si](C)(C)C. The van der Waals surface area contributed by atoms with Crippen LogP contribution in [0.5, 0.6) is 0 Å². The molecule has 36 heavy (non-hydrogen) atoms. The van der Waals surface area contributed by atoms with Crippen molar-refractivity contribution in [3.8, 4) is 0 Å². The molecule has 0 aromatic heterocycles. The van der Waals surface area contributed by atoms with Crippen LogP contribution >= 0.6 is 0 Å². The van der Waals surface area contributed by atoms with E-state index in [0.717, 1.165) is 0 Å². The maximum absolute atomic E-state index is 13.5. The van der Waals surface area contributed by atoms with E-state index < -0.39 is 43.8 Å². The number of hydrogen-bond acceptors (Lipinski definition) is 4. The summed E-state index contributed by atoms with van der Waals surface area (Å²) < 4.78 is 16.5. The molecule has 1 aliphatic carbocycles. The first-order chi connectivity index (χ1) is 16.9. The topological polar surface area (TPSA) is 52.6 Å². The van der Waals surface area contributed by atoms with Crippen molar-refractivity contribution in [2.24, 2.45) is 17.3 Å². The monoisotopic (exact) mass is 628 g/mol. The average Bonchev–Trinajstić information content (AvgIpc) is 3.24. The predicted octanol–water partition coefficient (Wildman–Crippen LogP) is 8.50. The summed E-state index contributed by atoms with van der Waals surface area (Å²) >= 11 is -2.84. The van der Waals surface area contributed by atoms with Gasteiger partial charge in [0.25, 0.3) is 0 Å². The molecule has 0 N–H and O–H groups in total. The zero-order valence-corrected chi connectivity index (χ0v) is 28.7. The summed E-state index contributed by atoms with van der Waals surface area (Å²) in [7, 11) is -1.73. The molecular weight excluding hydrogens is 571 g/mol. The quantitative estimate of drug-likeness (QED) is 0.0922. The van der Waals surface area contributed by atoms with Crippen LogP contribution in [0.4, 0.5) is 0 Å². The Kier molecular flexibility index (Phi) is 14.1. The van der Waals surface area contributed by atoms with Gasteiger partial charge in [-0.05, 0) is 0 Å². The van der Waals surface area contributed by atoms with E-state index in [1.165, 1.54) is 60.6 Å². The molecule has 0 spiro atoms. The third-order valence-corrected chi connectivity index (χ3v) is 27.0. The number of rotatable bonds is 17. The number of carbonyl (C=O) groups is 2. The van der Waals surface area contributed by atoms with E-state index in [0.29, 0.717) is 12.8 Å². The second kappa shape index (κ2) is 15.1. The number of ether oxygens (including phenoxy) is 2. The van der Waals surface area contributed by atoms with Gasteiger partial charge in [0.05, 0.1) is 0 Å². The van der Waals surface area contributed by atoms with Gasteiger partial charge >= 0.3 is 229 Å². The normalized spacial score (nSPS) is 19.7. The Labute approximate surface area is 227 Å². The van der Waals surface area contributed by atoms with E-state index >= 15 is 0 Å². The maximum atomic E-state index is 13.5. The van der Waals surface area contributed by atoms with Gasteiger partial charge in [0, 0.05) is 0 Å². The Morgan fingerprint density at radius 1 is 0.778 bits per heavy atom. The van der Waals surface area contributed by atoms with E-state index in [9.17, 15) is 9.59 Å². The zero-order valence-electron chi connectivity index (χ0n) is 24.9. The number of esters is 2. The van der Waals surface area contributed by atoms with Crippen LogP contribution in [0.3, 0.4) is 0 Å². The van der Waals surface area contributed by atoms with Gasteiger partial charge in [-0.25, -0.2) is 0 Å². The Bertz CT molecular complexity index is 715. The standard InChI is InChI=1S/C18H29O4Si.3C4H9.Sn/c1-8-14-11-18(16(19)21-9-2,17(20)22-10-3)12-15(14)13(4)23(5,6)7;3*1-3-4-2;/h14-15H,1,4,9-12H2,2-3,5-7H3;3*1,3-4H2,2H3;/t14-,15+;;;;/m1..../s1. The minimum absolute atomic E-state index is 0.0962. The van der Waals surface area contributed by atoms with Crippen LogP contribution in [0.15, 0.2) is 21.9 Å². The molecule has 1 fully saturated rings. The van der Waals surface area contributed by atoms with Crippen LogP contribution in [0.25, 0.3) is 0 Å². The molecule has 208 valence electrons. The van der Waals surface area contributed by atoms with Gasteiger partial charge in [-0.3, -0.25) is 0 Å². The minimum atomic E-state index is -2.84. The Morgan fingerprint density at radius 3 is 1.50 bits per heavy atom. The molecule has 4 nitrogen and oxygen atoms in total. The van der Waals surface area contributed by atoms with Crippen LogP contribution in [-0.2, 0) is 19.1 Å². The molecule has 0 unspecified atom stereocenters. The van der Waals surface area contributed by atoms with Gasteiger partial charge in [-0.2, -0.15) is 0 Å². The zero-order chi connectivity index (χ0) is 27.6. The summed E-state index contributed by atoms with van der Waals surface area (Å²) in [5.41, 5.74) is -1.25. The third-order valence-electron chi connectivity index (χ3n) is 8.52. The number of hydrogen-bond donors (Lipinski definition) is 0. The number of carbonyl (C=O) groups excluding carboxylic acids is 2. The molecule has 0 saturated heterocycles. The van der Waals surface area contributed by atoms with Crippen LogP contribution < -0.4 is 0 Å². The Morgan fingerprint density at radius 2 is 1.17 bits per heavy atom. The van der Waals surface area contributed by atoms with Crippen molar-refractivity contribution in [2.45, 2.75) is 119 Å². The first-order valence-electron chi connectivity index (χ1n) is 14.6. The van der Waals surface area contributed by atoms with Crippen molar-refractivity contribution in [1.82, 2.24) is 0 Å². The summed E-state index contributed by atoms with van der Waals surface area (Å²) in [6.07, 6.45) is 8.32. The molecule has 0 amide bonds. The molecular formula is C30H56O4SiSn. The molecule has 0 bridgehead atoms. The Hall–Kier alpha value is -0.564. The fraction of sp³-hybridized carbons (Fsp3) is 0.800. The van der Waals surface area contributed by atoms with Gasteiger partial charge < -0.3 is 0 Å². The Balaban J connectivity index is 3.69. The van der Waals surface area contributed by atoms with Crippen molar-refractivity contribution < 1.29 is 19.1 Å². The van der Waals surface area contributed by atoms with Gasteiger partial charge in [-0.15, -0.1) is 0 Å². The molecule has 0 radical (unpaired) electrons. The van der Waals surface area contributed by atoms with Gasteiger partial charge in [0.2, 0.25) is 0 Å². The second-order valence-corrected chi connectivity index (χ2v) is 30.6. The molecule has 6 heteroatoms. The van der Waals surface area contributed by atoms with Gasteiger partial charge in [0.1, 0.15) is 0 Å². The van der Waals surface area contributed by atoms with Crippen LogP contribution in [0, 0.1) is 17.3 Å². The van der Waals surface area contributed by atoms with Crippen LogP contribution in [-0.4, -0.2) is 51.6 Å². The van der Waals surface area contributed by atoms with Gasteiger partial charge in [-0.1, -0.05) is 0 Å². The number of allylic oxidation sites excluding steroid dienone is 2. The van der Waals surface area contributed by atoms with E-state index in [-0.39, 0.29) is 25.0 Å². The molecule has 0 aromatic carbocycles. The molecule has 1 saturated carbocycles. The fourth-order valence-corrected chi connectivity index (χ4v) is 24.4. The molecule has 1 aliphatic rings. The molecule has 2 atom stereocenters. The molecule has 0 heterocycles. The predicted molar refractivity (Wildman–Crippen MR) is 158 cm³/mol. The summed E-state index contributed by atoms with van der Waals surface area (Å²) in [6, 6.07) is 0. The van der Waals surface area contributed by atoms with E-state index in [2.05, 4.69) is 47.0 Å². The molecule has 1 rings (SSSR count). The van der Waals surface area contributed by atoms with Crippen LogP contribution in [0.1, 0.15) is 86.0 Å². The van der Waals surface area contributed by atoms with E-state index in [1.54, 1.807) is 0 Å². The third kappa shape index (κ3) is 7.97. The molecule has 0 aliphatic heterocycles. The summed E-state index contributed by atoms with van der Waals surface area (Å²) in [5, 5.41) is 1.26. The first-order valence-corrected chi connectivity index (χ1v) is 25.6. The van der Waals surface area contributed by atoms with Crippen molar-refractivity contribution in [3.63, 3.8) is 0 Å². The summed E-state index contributed by atoms with van der Waals surface area (Å²) in [6.45, 7) is 27.5. The average molecular weight is 628 g/mol. The summed E-state index contributed by atoms with van der Waals surface area (Å²) in [5.74, 6) is -0.606. The fourth-order valence-electron chi connectivity index (χ4n) is 6.16.